The van der Waals surface area contributed by atoms with Crippen LogP contribution in [-0.4, -0.2) is 0 Å². The summed E-state index contributed by atoms with van der Waals surface area (Å²) in [5.74, 6) is 0.678. The van der Waals surface area contributed by atoms with Crippen LogP contribution in [0.25, 0.3) is 10.8 Å². The molecule has 78 valence electrons. The van der Waals surface area contributed by atoms with Gasteiger partial charge in [-0.25, -0.2) is 0 Å². The van der Waals surface area contributed by atoms with Gasteiger partial charge >= 0.3 is 0 Å². The molecule has 0 nitrogen and oxygen atoms in total. The van der Waals surface area contributed by atoms with Crippen molar-refractivity contribution in [3.63, 3.8) is 0 Å². The lowest BCUT2D eigenvalue weighted by Gasteiger charge is -2.10. The van der Waals surface area contributed by atoms with Crippen LogP contribution >= 0.6 is 12.6 Å². The van der Waals surface area contributed by atoms with Crippen molar-refractivity contribution >= 4 is 23.4 Å². The monoisotopic (exact) mass is 216 g/mol. The number of hydrogen-bond donors (Lipinski definition) is 1. The molecule has 0 heterocycles. The molecule has 0 aliphatic carbocycles. The first-order valence-electron chi connectivity index (χ1n) is 5.38. The van der Waals surface area contributed by atoms with Gasteiger partial charge in [0.25, 0.3) is 0 Å². The molecule has 0 unspecified atom stereocenters. The molecule has 0 atom stereocenters. The van der Waals surface area contributed by atoms with Crippen LogP contribution in [0.2, 0.25) is 0 Å². The van der Waals surface area contributed by atoms with E-state index in [0.717, 1.165) is 11.3 Å². The Morgan fingerprint density at radius 1 is 1.07 bits per heavy atom. The molecule has 0 amide bonds. The quantitative estimate of drug-likeness (QED) is 0.710. The zero-order valence-electron chi connectivity index (χ0n) is 9.20. The van der Waals surface area contributed by atoms with Gasteiger partial charge in [-0.2, -0.15) is 0 Å². The molecule has 0 fully saturated rings. The van der Waals surface area contributed by atoms with E-state index in [2.05, 4.69) is 62.9 Å². The van der Waals surface area contributed by atoms with Gasteiger partial charge in [-0.3, -0.25) is 0 Å². The minimum Gasteiger partial charge on any atom is -0.143 e. The topological polar surface area (TPSA) is 0 Å². The zero-order chi connectivity index (χ0) is 10.8. The summed E-state index contributed by atoms with van der Waals surface area (Å²) in [5, 5.41) is 2.54. The van der Waals surface area contributed by atoms with Crippen molar-refractivity contribution in [2.75, 3.05) is 0 Å². The number of hydrogen-bond acceptors (Lipinski definition) is 1. The Morgan fingerprint density at radius 3 is 2.53 bits per heavy atom. The molecule has 15 heavy (non-hydrogen) atoms. The second kappa shape index (κ2) is 4.28. The standard InChI is InChI=1S/C14H16S/c1-10(2)9-12-8-7-11-5-3-4-6-13(11)14(12)15/h3-8,10,15H,9H2,1-2H3. The van der Waals surface area contributed by atoms with Crippen molar-refractivity contribution in [3.05, 3.63) is 42.0 Å². The highest BCUT2D eigenvalue weighted by molar-refractivity contribution is 7.80. The van der Waals surface area contributed by atoms with Crippen molar-refractivity contribution in [2.24, 2.45) is 5.92 Å². The lowest BCUT2D eigenvalue weighted by molar-refractivity contribution is 0.642. The summed E-state index contributed by atoms with van der Waals surface area (Å²) in [6, 6.07) is 12.8. The fourth-order valence-corrected chi connectivity index (χ4v) is 2.27. The third-order valence-electron chi connectivity index (χ3n) is 2.61. The first kappa shape index (κ1) is 10.6. The second-order valence-electron chi connectivity index (χ2n) is 4.39. The van der Waals surface area contributed by atoms with E-state index in [4.69, 9.17) is 0 Å². The smallest absolute Gasteiger partial charge is 0.0151 e. The van der Waals surface area contributed by atoms with Crippen LogP contribution in [0.5, 0.6) is 0 Å². The molecule has 0 spiro atoms. The summed E-state index contributed by atoms with van der Waals surface area (Å²) in [6.07, 6.45) is 1.10. The molecule has 0 radical (unpaired) electrons. The summed E-state index contributed by atoms with van der Waals surface area (Å²) in [4.78, 5) is 1.14. The molecule has 0 aromatic heterocycles. The third kappa shape index (κ3) is 2.18. The molecule has 2 rings (SSSR count). The van der Waals surface area contributed by atoms with Crippen molar-refractivity contribution in [2.45, 2.75) is 25.2 Å². The Bertz CT molecular complexity index is 472. The van der Waals surface area contributed by atoms with Crippen LogP contribution in [-0.2, 0) is 6.42 Å². The maximum atomic E-state index is 4.64. The number of fused-ring (bicyclic) bond motifs is 1. The Kier molecular flexibility index (Phi) is 3.01. The Hall–Kier alpha value is -0.950. The normalized spacial score (nSPS) is 11.2. The van der Waals surface area contributed by atoms with Crippen molar-refractivity contribution in [1.82, 2.24) is 0 Å². The molecular formula is C14H16S. The number of rotatable bonds is 2. The van der Waals surface area contributed by atoms with Crippen LogP contribution in [0.4, 0.5) is 0 Å². The highest BCUT2D eigenvalue weighted by atomic mass is 32.1. The molecule has 1 heteroatoms. The predicted molar refractivity (Wildman–Crippen MR) is 69.7 cm³/mol. The Morgan fingerprint density at radius 2 is 1.80 bits per heavy atom. The minimum atomic E-state index is 0.678. The fourth-order valence-electron chi connectivity index (χ4n) is 1.90. The van der Waals surface area contributed by atoms with E-state index in [1.165, 1.54) is 16.3 Å². The van der Waals surface area contributed by atoms with Crippen LogP contribution in [0.15, 0.2) is 41.3 Å². The Balaban J connectivity index is 2.55. The summed E-state index contributed by atoms with van der Waals surface area (Å²) in [7, 11) is 0. The molecular weight excluding hydrogens is 200 g/mol. The van der Waals surface area contributed by atoms with E-state index in [1.807, 2.05) is 0 Å². The van der Waals surface area contributed by atoms with E-state index in [9.17, 15) is 0 Å². The lowest BCUT2D eigenvalue weighted by Crippen LogP contribution is -1.95. The molecule has 0 aliphatic rings. The molecule has 2 aromatic rings. The van der Waals surface area contributed by atoms with E-state index < -0.39 is 0 Å². The van der Waals surface area contributed by atoms with Gasteiger partial charge in [0.1, 0.15) is 0 Å². The van der Waals surface area contributed by atoms with Gasteiger partial charge in [0.2, 0.25) is 0 Å². The van der Waals surface area contributed by atoms with Crippen LogP contribution < -0.4 is 0 Å². The average molecular weight is 216 g/mol. The SMILES string of the molecule is CC(C)Cc1ccc2ccccc2c1S. The van der Waals surface area contributed by atoms with E-state index in [1.54, 1.807) is 0 Å². The molecule has 0 aliphatic heterocycles. The van der Waals surface area contributed by atoms with E-state index in [-0.39, 0.29) is 0 Å². The highest BCUT2D eigenvalue weighted by Gasteiger charge is 2.05. The van der Waals surface area contributed by atoms with Gasteiger partial charge in [-0.05, 0) is 28.7 Å². The molecule has 0 saturated heterocycles. The Labute approximate surface area is 96.7 Å². The highest BCUT2D eigenvalue weighted by Crippen LogP contribution is 2.27. The van der Waals surface area contributed by atoms with Crippen LogP contribution in [0.1, 0.15) is 19.4 Å². The van der Waals surface area contributed by atoms with Crippen LogP contribution in [0.3, 0.4) is 0 Å². The van der Waals surface area contributed by atoms with E-state index in [0.29, 0.717) is 5.92 Å². The van der Waals surface area contributed by atoms with Gasteiger partial charge < -0.3 is 0 Å². The van der Waals surface area contributed by atoms with E-state index >= 15 is 0 Å². The van der Waals surface area contributed by atoms with Crippen molar-refractivity contribution < 1.29 is 0 Å². The summed E-state index contributed by atoms with van der Waals surface area (Å²) in [6.45, 7) is 4.48. The van der Waals surface area contributed by atoms with Crippen LogP contribution in [0, 0.1) is 5.92 Å². The summed E-state index contributed by atoms with van der Waals surface area (Å²) >= 11 is 4.64. The van der Waals surface area contributed by atoms with Gasteiger partial charge in [0, 0.05) is 4.90 Å². The fraction of sp³-hybridized carbons (Fsp3) is 0.286. The molecule has 0 N–H and O–H groups in total. The molecule has 0 saturated carbocycles. The second-order valence-corrected chi connectivity index (χ2v) is 4.84. The van der Waals surface area contributed by atoms with Gasteiger partial charge in [0.15, 0.2) is 0 Å². The first-order chi connectivity index (χ1) is 7.18. The minimum absolute atomic E-state index is 0.678. The molecule has 2 aromatic carbocycles. The predicted octanol–water partition coefficient (Wildman–Crippen LogP) is 4.33. The van der Waals surface area contributed by atoms with Gasteiger partial charge in [-0.15, -0.1) is 12.6 Å². The largest absolute Gasteiger partial charge is 0.143 e. The van der Waals surface area contributed by atoms with Crippen molar-refractivity contribution in [3.8, 4) is 0 Å². The maximum absolute atomic E-state index is 4.64. The summed E-state index contributed by atoms with van der Waals surface area (Å²) < 4.78 is 0. The van der Waals surface area contributed by atoms with Gasteiger partial charge in [0.05, 0.1) is 0 Å². The van der Waals surface area contributed by atoms with Gasteiger partial charge in [-0.1, -0.05) is 50.2 Å². The van der Waals surface area contributed by atoms with Crippen molar-refractivity contribution in [1.29, 1.82) is 0 Å². The maximum Gasteiger partial charge on any atom is 0.0151 e. The third-order valence-corrected chi connectivity index (χ3v) is 3.14. The summed E-state index contributed by atoms with van der Waals surface area (Å²) in [5.41, 5.74) is 1.35. The number of benzene rings is 2. The molecule has 0 bridgehead atoms. The lowest BCUT2D eigenvalue weighted by atomic mass is 9.99. The zero-order valence-corrected chi connectivity index (χ0v) is 10.1. The number of thiol groups is 1. The average Bonchev–Trinajstić information content (AvgIpc) is 2.22. The first-order valence-corrected chi connectivity index (χ1v) is 5.83.